The second-order valence-corrected chi connectivity index (χ2v) is 7.25. The van der Waals surface area contributed by atoms with Gasteiger partial charge in [0.15, 0.2) is 0 Å². The van der Waals surface area contributed by atoms with E-state index in [1.807, 2.05) is 0 Å². The van der Waals surface area contributed by atoms with Crippen molar-refractivity contribution in [2.24, 2.45) is 0 Å². The van der Waals surface area contributed by atoms with E-state index < -0.39 is 23.8 Å². The average molecular weight is 400 g/mol. The van der Waals surface area contributed by atoms with E-state index in [1.54, 1.807) is 31.7 Å². The zero-order valence-electron chi connectivity index (χ0n) is 15.5. The molecule has 0 radical (unpaired) electrons. The predicted octanol–water partition coefficient (Wildman–Crippen LogP) is 3.54. The summed E-state index contributed by atoms with van der Waals surface area (Å²) in [5.74, 6) is -1.28. The number of carbonyl (C=O) groups excluding carboxylic acids is 1. The van der Waals surface area contributed by atoms with E-state index in [2.05, 4.69) is 19.6 Å². The molecular weight excluding hydrogens is 381 g/mol. The molecule has 1 aliphatic rings. The number of ether oxygens (including phenoxy) is 2. The van der Waals surface area contributed by atoms with Crippen LogP contribution in [0.1, 0.15) is 33.1 Å². The first-order valence-electron chi connectivity index (χ1n) is 8.53. The summed E-state index contributed by atoms with van der Waals surface area (Å²) in [5, 5.41) is 3.28. The molecule has 3 heterocycles. The fourth-order valence-electron chi connectivity index (χ4n) is 2.53. The molecule has 1 saturated heterocycles. The standard InChI is InChI=1S/C17H19F3N4O4/c1-16(2,3)27-15(25)24-7-6-11(9-24)26-10-4-5-12(21-8-10)13-22-14(28-23-13)17(18,19)20/h4-5,8,11H,6-7,9H2,1-3H3/t11-/m1/s1. The number of aromatic nitrogens is 3. The lowest BCUT2D eigenvalue weighted by Gasteiger charge is -2.24. The maximum atomic E-state index is 12.5. The molecule has 0 saturated carbocycles. The van der Waals surface area contributed by atoms with Crippen LogP contribution in [0.3, 0.4) is 0 Å². The monoisotopic (exact) mass is 400 g/mol. The van der Waals surface area contributed by atoms with Crippen LogP contribution in [0.5, 0.6) is 5.75 Å². The molecule has 0 spiro atoms. The summed E-state index contributed by atoms with van der Waals surface area (Å²) in [5.41, 5.74) is -0.454. The molecule has 0 aliphatic carbocycles. The molecule has 1 atom stereocenters. The summed E-state index contributed by atoms with van der Waals surface area (Å²) >= 11 is 0. The van der Waals surface area contributed by atoms with Gasteiger partial charge < -0.3 is 18.9 Å². The van der Waals surface area contributed by atoms with Crippen LogP contribution in [0.25, 0.3) is 11.5 Å². The molecule has 8 nitrogen and oxygen atoms in total. The highest BCUT2D eigenvalue weighted by Gasteiger charge is 2.38. The van der Waals surface area contributed by atoms with Gasteiger partial charge in [-0.3, -0.25) is 0 Å². The second kappa shape index (κ2) is 7.28. The van der Waals surface area contributed by atoms with E-state index in [4.69, 9.17) is 9.47 Å². The Morgan fingerprint density at radius 2 is 2.04 bits per heavy atom. The summed E-state index contributed by atoms with van der Waals surface area (Å²) < 4.78 is 52.8. The number of hydrogen-bond donors (Lipinski definition) is 0. The van der Waals surface area contributed by atoms with Gasteiger partial charge in [-0.25, -0.2) is 9.78 Å². The average Bonchev–Trinajstić information content (AvgIpc) is 3.23. The summed E-state index contributed by atoms with van der Waals surface area (Å²) in [6.45, 7) is 6.27. The molecule has 2 aromatic heterocycles. The molecule has 1 aliphatic heterocycles. The number of halogens is 3. The summed E-state index contributed by atoms with van der Waals surface area (Å²) in [7, 11) is 0. The van der Waals surface area contributed by atoms with Crippen LogP contribution in [0.4, 0.5) is 18.0 Å². The number of hydrogen-bond acceptors (Lipinski definition) is 7. The first kappa shape index (κ1) is 19.9. The molecule has 152 valence electrons. The molecule has 0 aromatic carbocycles. The Bertz CT molecular complexity index is 830. The molecule has 1 fully saturated rings. The molecule has 0 bridgehead atoms. The Labute approximate surface area is 158 Å². The van der Waals surface area contributed by atoms with Gasteiger partial charge in [0.2, 0.25) is 5.82 Å². The topological polar surface area (TPSA) is 90.6 Å². The number of rotatable bonds is 3. The number of carbonyl (C=O) groups is 1. The van der Waals surface area contributed by atoms with Crippen LogP contribution in [-0.4, -0.2) is 50.9 Å². The Kier molecular flexibility index (Phi) is 5.18. The van der Waals surface area contributed by atoms with Crippen LogP contribution in [0, 0.1) is 0 Å². The summed E-state index contributed by atoms with van der Waals surface area (Å²) in [6, 6.07) is 2.98. The van der Waals surface area contributed by atoms with Gasteiger partial charge in [0, 0.05) is 13.0 Å². The van der Waals surface area contributed by atoms with Crippen LogP contribution < -0.4 is 4.74 Å². The lowest BCUT2D eigenvalue weighted by Crippen LogP contribution is -2.36. The van der Waals surface area contributed by atoms with E-state index in [0.29, 0.717) is 25.3 Å². The van der Waals surface area contributed by atoms with Crippen molar-refractivity contribution in [1.82, 2.24) is 20.0 Å². The van der Waals surface area contributed by atoms with Gasteiger partial charge in [-0.1, -0.05) is 5.16 Å². The van der Waals surface area contributed by atoms with Gasteiger partial charge in [-0.05, 0) is 32.9 Å². The van der Waals surface area contributed by atoms with Crippen LogP contribution >= 0.6 is 0 Å². The van der Waals surface area contributed by atoms with Crippen LogP contribution in [0.15, 0.2) is 22.9 Å². The fourth-order valence-corrected chi connectivity index (χ4v) is 2.53. The molecular formula is C17H19F3N4O4. The van der Waals surface area contributed by atoms with Gasteiger partial charge in [0.05, 0.1) is 12.7 Å². The molecule has 3 rings (SSSR count). The summed E-state index contributed by atoms with van der Waals surface area (Å²) in [4.78, 5) is 20.9. The molecule has 28 heavy (non-hydrogen) atoms. The highest BCUT2D eigenvalue weighted by molar-refractivity contribution is 5.68. The Morgan fingerprint density at radius 3 is 2.61 bits per heavy atom. The Balaban J connectivity index is 1.58. The fraction of sp³-hybridized carbons (Fsp3) is 0.529. The van der Waals surface area contributed by atoms with E-state index in [9.17, 15) is 18.0 Å². The largest absolute Gasteiger partial charge is 0.487 e. The molecule has 1 amide bonds. The number of pyridine rings is 1. The van der Waals surface area contributed by atoms with Crippen molar-refractivity contribution in [3.63, 3.8) is 0 Å². The van der Waals surface area contributed by atoms with Crippen LogP contribution in [-0.2, 0) is 10.9 Å². The maximum absolute atomic E-state index is 12.5. The van der Waals surface area contributed by atoms with Gasteiger partial charge >= 0.3 is 18.2 Å². The first-order chi connectivity index (χ1) is 13.0. The molecule has 0 N–H and O–H groups in total. The minimum atomic E-state index is -4.71. The second-order valence-electron chi connectivity index (χ2n) is 7.25. The first-order valence-corrected chi connectivity index (χ1v) is 8.53. The van der Waals surface area contributed by atoms with Gasteiger partial charge in [0.25, 0.3) is 0 Å². The third-order valence-electron chi connectivity index (χ3n) is 3.73. The van der Waals surface area contributed by atoms with Gasteiger partial charge in [-0.2, -0.15) is 18.2 Å². The Hall–Kier alpha value is -2.85. The van der Waals surface area contributed by atoms with E-state index in [0.717, 1.165) is 0 Å². The van der Waals surface area contributed by atoms with Crippen molar-refractivity contribution >= 4 is 6.09 Å². The SMILES string of the molecule is CC(C)(C)OC(=O)N1CC[C@@H](Oc2ccc(-c3noc(C(F)(F)F)n3)nc2)C1. The maximum Gasteiger partial charge on any atom is 0.471 e. The smallest absolute Gasteiger partial charge is 0.471 e. The number of alkyl halides is 3. The molecule has 11 heteroatoms. The summed E-state index contributed by atoms with van der Waals surface area (Å²) in [6.07, 6.45) is -3.36. The minimum Gasteiger partial charge on any atom is -0.487 e. The van der Waals surface area contributed by atoms with E-state index in [1.165, 1.54) is 12.3 Å². The normalized spacial score (nSPS) is 17.6. The highest BCUT2D eigenvalue weighted by atomic mass is 19.4. The number of amides is 1. The third-order valence-corrected chi connectivity index (χ3v) is 3.73. The van der Waals surface area contributed by atoms with E-state index >= 15 is 0 Å². The Morgan fingerprint density at radius 1 is 1.29 bits per heavy atom. The molecule has 0 unspecified atom stereocenters. The van der Waals surface area contributed by atoms with Crippen molar-refractivity contribution in [3.05, 3.63) is 24.2 Å². The van der Waals surface area contributed by atoms with Crippen molar-refractivity contribution in [2.45, 2.75) is 45.1 Å². The zero-order chi connectivity index (χ0) is 20.5. The van der Waals surface area contributed by atoms with Gasteiger partial charge in [0.1, 0.15) is 23.1 Å². The molecule has 2 aromatic rings. The highest BCUT2D eigenvalue weighted by Crippen LogP contribution is 2.29. The predicted molar refractivity (Wildman–Crippen MR) is 89.4 cm³/mol. The minimum absolute atomic E-state index is 0.119. The van der Waals surface area contributed by atoms with Crippen molar-refractivity contribution in [3.8, 4) is 17.3 Å². The van der Waals surface area contributed by atoms with E-state index in [-0.39, 0.29) is 17.6 Å². The van der Waals surface area contributed by atoms with Gasteiger partial charge in [-0.15, -0.1) is 0 Å². The lowest BCUT2D eigenvalue weighted by molar-refractivity contribution is -0.159. The van der Waals surface area contributed by atoms with Crippen molar-refractivity contribution < 1.29 is 32.0 Å². The van der Waals surface area contributed by atoms with Crippen molar-refractivity contribution in [2.75, 3.05) is 13.1 Å². The third kappa shape index (κ3) is 4.90. The zero-order valence-corrected chi connectivity index (χ0v) is 15.5. The number of nitrogens with zero attached hydrogens (tertiary/aromatic N) is 4. The van der Waals surface area contributed by atoms with Crippen LogP contribution in [0.2, 0.25) is 0 Å². The quantitative estimate of drug-likeness (QED) is 0.778. The van der Waals surface area contributed by atoms with Crippen molar-refractivity contribution in [1.29, 1.82) is 0 Å². The lowest BCUT2D eigenvalue weighted by atomic mass is 10.2. The number of likely N-dealkylation sites (tertiary alicyclic amines) is 1.